The predicted octanol–water partition coefficient (Wildman–Crippen LogP) is 0.311. The number of nitrogens with one attached hydrogen (secondary N) is 2. The molecule has 2 rings (SSSR count). The molecule has 2 N–H and O–H groups in total. The van der Waals surface area contributed by atoms with Crippen LogP contribution in [-0.2, 0) is 11.2 Å². The predicted molar refractivity (Wildman–Crippen MR) is 64.7 cm³/mol. The summed E-state index contributed by atoms with van der Waals surface area (Å²) in [6.07, 6.45) is 8.14. The maximum absolute atomic E-state index is 11.8. The molecule has 1 unspecified atom stereocenters. The van der Waals surface area contributed by atoms with Crippen LogP contribution < -0.4 is 5.32 Å². The van der Waals surface area contributed by atoms with Crippen molar-refractivity contribution in [2.24, 2.45) is 0 Å². The van der Waals surface area contributed by atoms with Crippen molar-refractivity contribution >= 4 is 5.91 Å². The van der Waals surface area contributed by atoms with Crippen molar-refractivity contribution in [3.8, 4) is 0 Å². The van der Waals surface area contributed by atoms with E-state index < -0.39 is 0 Å². The molecule has 2 aromatic heterocycles. The number of amides is 1. The van der Waals surface area contributed by atoms with E-state index in [0.717, 1.165) is 18.7 Å². The highest BCUT2D eigenvalue weighted by atomic mass is 16.2. The Morgan fingerprint density at radius 2 is 2.50 bits per heavy atom. The van der Waals surface area contributed by atoms with E-state index in [1.165, 1.54) is 17.3 Å². The molecule has 0 bridgehead atoms. The van der Waals surface area contributed by atoms with Gasteiger partial charge in [-0.3, -0.25) is 4.79 Å². The summed E-state index contributed by atoms with van der Waals surface area (Å²) in [5.74, 6) is 0.883. The van der Waals surface area contributed by atoms with Gasteiger partial charge in [0.1, 0.15) is 24.5 Å². The molecule has 2 aromatic rings. The van der Waals surface area contributed by atoms with Crippen LogP contribution in [0.5, 0.6) is 0 Å². The van der Waals surface area contributed by atoms with Crippen LogP contribution in [-0.4, -0.2) is 37.2 Å². The molecular formula is C11H16N6O. The highest BCUT2D eigenvalue weighted by Crippen LogP contribution is 2.01. The van der Waals surface area contributed by atoms with Crippen LogP contribution in [0, 0.1) is 0 Å². The molecule has 0 aromatic carbocycles. The Labute approximate surface area is 105 Å². The quantitative estimate of drug-likeness (QED) is 0.720. The number of aromatic nitrogens is 5. The fraction of sp³-hybridized carbons (Fsp3) is 0.455. The van der Waals surface area contributed by atoms with E-state index in [4.69, 9.17) is 0 Å². The van der Waals surface area contributed by atoms with Gasteiger partial charge in [0.05, 0.1) is 0 Å². The first-order valence-corrected chi connectivity index (χ1v) is 5.87. The largest absolute Gasteiger partial charge is 0.354 e. The molecule has 96 valence electrons. The molecule has 0 aliphatic rings. The van der Waals surface area contributed by atoms with Gasteiger partial charge in [0.2, 0.25) is 5.91 Å². The Kier molecular flexibility index (Phi) is 4.06. The van der Waals surface area contributed by atoms with E-state index in [9.17, 15) is 4.79 Å². The van der Waals surface area contributed by atoms with Crippen LogP contribution in [0.25, 0.3) is 0 Å². The third-order valence-corrected chi connectivity index (χ3v) is 2.66. The fourth-order valence-corrected chi connectivity index (χ4v) is 1.59. The molecule has 2 heterocycles. The van der Waals surface area contributed by atoms with Crippen molar-refractivity contribution in [1.29, 1.82) is 0 Å². The Morgan fingerprint density at radius 3 is 3.17 bits per heavy atom. The normalized spacial score (nSPS) is 12.3. The smallest absolute Gasteiger partial charge is 0.244 e. The molecule has 0 aliphatic carbocycles. The molecule has 0 saturated heterocycles. The molecule has 0 radical (unpaired) electrons. The highest BCUT2D eigenvalue weighted by Gasteiger charge is 2.14. The van der Waals surface area contributed by atoms with Gasteiger partial charge < -0.3 is 10.3 Å². The van der Waals surface area contributed by atoms with Crippen molar-refractivity contribution in [1.82, 2.24) is 30.0 Å². The lowest BCUT2D eigenvalue weighted by Crippen LogP contribution is -2.32. The monoisotopic (exact) mass is 248 g/mol. The van der Waals surface area contributed by atoms with E-state index in [1.807, 2.05) is 0 Å². The van der Waals surface area contributed by atoms with Gasteiger partial charge in [-0.15, -0.1) is 0 Å². The van der Waals surface area contributed by atoms with Gasteiger partial charge in [0, 0.05) is 25.4 Å². The average Bonchev–Trinajstić information content (AvgIpc) is 3.05. The lowest BCUT2D eigenvalue weighted by Gasteiger charge is -2.11. The summed E-state index contributed by atoms with van der Waals surface area (Å²) in [6, 6.07) is -0.337. The Bertz CT molecular complexity index is 464. The third-order valence-electron chi connectivity index (χ3n) is 2.66. The number of carbonyl (C=O) groups excluding carboxylic acids is 1. The summed E-state index contributed by atoms with van der Waals surface area (Å²) in [5, 5.41) is 6.80. The number of rotatable bonds is 6. The maximum atomic E-state index is 11.8. The lowest BCUT2D eigenvalue weighted by molar-refractivity contribution is -0.124. The number of hydrogen-bond acceptors (Lipinski definition) is 4. The highest BCUT2D eigenvalue weighted by molar-refractivity contribution is 5.79. The van der Waals surface area contributed by atoms with Crippen LogP contribution in [0.3, 0.4) is 0 Å². The maximum Gasteiger partial charge on any atom is 0.244 e. The number of hydrogen-bond donors (Lipinski definition) is 2. The van der Waals surface area contributed by atoms with Crippen LogP contribution in [0.1, 0.15) is 25.2 Å². The standard InChI is InChI=1S/C11H16N6O/c1-9(17-8-12-7-16-17)11(18)15-4-2-3-10-13-5-6-14-10/h5-9H,2-4H2,1H3,(H,13,14)(H,15,18). The minimum atomic E-state index is -0.337. The van der Waals surface area contributed by atoms with E-state index in [2.05, 4.69) is 25.4 Å². The third kappa shape index (κ3) is 3.16. The van der Waals surface area contributed by atoms with Crippen LogP contribution in [0.15, 0.2) is 25.0 Å². The van der Waals surface area contributed by atoms with Crippen molar-refractivity contribution in [3.05, 3.63) is 30.9 Å². The molecule has 7 nitrogen and oxygen atoms in total. The number of aryl methyl sites for hydroxylation is 1. The number of nitrogens with zero attached hydrogens (tertiary/aromatic N) is 4. The Hall–Kier alpha value is -2.18. The number of aromatic amines is 1. The van der Waals surface area contributed by atoms with Crippen molar-refractivity contribution in [2.75, 3.05) is 6.54 Å². The van der Waals surface area contributed by atoms with Gasteiger partial charge in [-0.25, -0.2) is 14.6 Å². The zero-order valence-electron chi connectivity index (χ0n) is 10.2. The SMILES string of the molecule is CC(C(=O)NCCCc1ncc[nH]1)n1cncn1. The van der Waals surface area contributed by atoms with Crippen LogP contribution in [0.4, 0.5) is 0 Å². The second kappa shape index (κ2) is 5.95. The van der Waals surface area contributed by atoms with Gasteiger partial charge in [-0.1, -0.05) is 0 Å². The summed E-state index contributed by atoms with van der Waals surface area (Å²) in [6.45, 7) is 2.41. The minimum Gasteiger partial charge on any atom is -0.354 e. The van der Waals surface area contributed by atoms with Crippen molar-refractivity contribution in [3.63, 3.8) is 0 Å². The second-order valence-corrected chi connectivity index (χ2v) is 3.98. The summed E-state index contributed by atoms with van der Waals surface area (Å²) in [5.41, 5.74) is 0. The van der Waals surface area contributed by atoms with E-state index in [0.29, 0.717) is 6.54 Å². The Morgan fingerprint density at radius 1 is 1.61 bits per heavy atom. The number of imidazole rings is 1. The molecule has 1 amide bonds. The molecule has 0 saturated carbocycles. The fourth-order valence-electron chi connectivity index (χ4n) is 1.59. The van der Waals surface area contributed by atoms with Crippen molar-refractivity contribution < 1.29 is 4.79 Å². The van der Waals surface area contributed by atoms with E-state index in [1.54, 1.807) is 19.3 Å². The lowest BCUT2D eigenvalue weighted by atomic mass is 10.2. The molecule has 0 spiro atoms. The van der Waals surface area contributed by atoms with Gasteiger partial charge in [-0.05, 0) is 13.3 Å². The van der Waals surface area contributed by atoms with E-state index in [-0.39, 0.29) is 11.9 Å². The summed E-state index contributed by atoms with van der Waals surface area (Å²) in [7, 11) is 0. The number of carbonyl (C=O) groups is 1. The number of H-pyrrole nitrogens is 1. The summed E-state index contributed by atoms with van der Waals surface area (Å²) < 4.78 is 1.53. The van der Waals surface area contributed by atoms with Gasteiger partial charge in [-0.2, -0.15) is 5.10 Å². The van der Waals surface area contributed by atoms with Crippen LogP contribution in [0.2, 0.25) is 0 Å². The molecule has 18 heavy (non-hydrogen) atoms. The van der Waals surface area contributed by atoms with Gasteiger partial charge in [0.15, 0.2) is 0 Å². The molecule has 0 fully saturated rings. The zero-order valence-corrected chi connectivity index (χ0v) is 10.2. The first-order chi connectivity index (χ1) is 8.77. The van der Waals surface area contributed by atoms with Gasteiger partial charge in [0.25, 0.3) is 0 Å². The molecule has 0 aliphatic heterocycles. The molecular weight excluding hydrogens is 232 g/mol. The van der Waals surface area contributed by atoms with Crippen LogP contribution >= 0.6 is 0 Å². The van der Waals surface area contributed by atoms with E-state index >= 15 is 0 Å². The average molecular weight is 248 g/mol. The van der Waals surface area contributed by atoms with Gasteiger partial charge >= 0.3 is 0 Å². The molecule has 7 heteroatoms. The summed E-state index contributed by atoms with van der Waals surface area (Å²) in [4.78, 5) is 22.7. The first kappa shape index (κ1) is 12.3. The second-order valence-electron chi connectivity index (χ2n) is 3.98. The molecule has 1 atom stereocenters. The minimum absolute atomic E-state index is 0.0556. The zero-order chi connectivity index (χ0) is 12.8. The first-order valence-electron chi connectivity index (χ1n) is 5.87. The van der Waals surface area contributed by atoms with Crippen molar-refractivity contribution in [2.45, 2.75) is 25.8 Å². The topological polar surface area (TPSA) is 88.5 Å². The summed E-state index contributed by atoms with van der Waals surface area (Å²) >= 11 is 0. The Balaban J connectivity index is 1.69.